The van der Waals surface area contributed by atoms with Gasteiger partial charge in [0.1, 0.15) is 0 Å². The molecule has 132 valence electrons. The molecule has 0 spiro atoms. The first-order valence-electron chi connectivity index (χ1n) is 8.87. The van der Waals surface area contributed by atoms with E-state index in [2.05, 4.69) is 27.3 Å². The molecule has 0 bridgehead atoms. The summed E-state index contributed by atoms with van der Waals surface area (Å²) < 4.78 is 11.2. The van der Waals surface area contributed by atoms with Gasteiger partial charge in [0.25, 0.3) is 5.91 Å². The van der Waals surface area contributed by atoms with E-state index in [1.54, 1.807) is 12.1 Å². The maximum atomic E-state index is 12.1. The molecule has 6 heteroatoms. The zero-order valence-electron chi connectivity index (χ0n) is 14.1. The third kappa shape index (κ3) is 3.60. The fourth-order valence-electron chi connectivity index (χ4n) is 3.99. The van der Waals surface area contributed by atoms with Crippen LogP contribution >= 0.6 is 0 Å². The Hall–Kier alpha value is -2.18. The van der Waals surface area contributed by atoms with Gasteiger partial charge in [-0.1, -0.05) is 0 Å². The molecule has 3 atom stereocenters. The van der Waals surface area contributed by atoms with Crippen LogP contribution in [0.25, 0.3) is 0 Å². The minimum Gasteiger partial charge on any atom is -0.459 e. The van der Waals surface area contributed by atoms with Gasteiger partial charge in [0.05, 0.1) is 19.0 Å². The number of fused-ring (bicyclic) bond motifs is 1. The molecule has 2 aromatic rings. The van der Waals surface area contributed by atoms with Gasteiger partial charge in [0, 0.05) is 44.0 Å². The van der Waals surface area contributed by atoms with E-state index in [-0.39, 0.29) is 12.0 Å². The van der Waals surface area contributed by atoms with E-state index in [1.807, 2.05) is 12.4 Å². The van der Waals surface area contributed by atoms with Crippen molar-refractivity contribution >= 4 is 5.91 Å². The smallest absolute Gasteiger partial charge is 0.286 e. The Morgan fingerprint density at radius 2 is 2.16 bits per heavy atom. The molecule has 0 aromatic carbocycles. The van der Waals surface area contributed by atoms with Crippen molar-refractivity contribution in [3.8, 4) is 0 Å². The molecule has 1 N–H and O–H groups in total. The highest BCUT2D eigenvalue weighted by Crippen LogP contribution is 2.35. The second-order valence-corrected chi connectivity index (χ2v) is 6.75. The number of rotatable bonds is 5. The Bertz CT molecular complexity index is 689. The first kappa shape index (κ1) is 16.3. The fourth-order valence-corrected chi connectivity index (χ4v) is 3.99. The van der Waals surface area contributed by atoms with Gasteiger partial charge >= 0.3 is 0 Å². The maximum Gasteiger partial charge on any atom is 0.286 e. The molecule has 2 aromatic heterocycles. The summed E-state index contributed by atoms with van der Waals surface area (Å²) in [7, 11) is 0. The van der Waals surface area contributed by atoms with Crippen molar-refractivity contribution in [1.82, 2.24) is 15.2 Å². The quantitative estimate of drug-likeness (QED) is 0.902. The summed E-state index contributed by atoms with van der Waals surface area (Å²) in [6.07, 6.45) is 7.57. The molecule has 2 fully saturated rings. The molecular weight excluding hydrogens is 318 g/mol. The fraction of sp³-hybridized carbons (Fsp3) is 0.474. The molecule has 3 heterocycles. The summed E-state index contributed by atoms with van der Waals surface area (Å²) in [6.45, 7) is 3.26. The summed E-state index contributed by atoms with van der Waals surface area (Å²) in [5.74, 6) is 0.556. The first-order chi connectivity index (χ1) is 12.3. The molecule has 0 unspecified atom stereocenters. The van der Waals surface area contributed by atoms with Crippen LogP contribution in [-0.2, 0) is 11.3 Å². The van der Waals surface area contributed by atoms with Gasteiger partial charge in [0.2, 0.25) is 0 Å². The molecule has 1 saturated heterocycles. The second kappa shape index (κ2) is 7.37. The van der Waals surface area contributed by atoms with Crippen molar-refractivity contribution in [3.05, 3.63) is 54.2 Å². The Balaban J connectivity index is 1.35. The number of hydrogen-bond donors (Lipinski definition) is 1. The molecule has 4 rings (SSSR count). The zero-order valence-corrected chi connectivity index (χ0v) is 14.1. The van der Waals surface area contributed by atoms with Gasteiger partial charge < -0.3 is 14.5 Å². The van der Waals surface area contributed by atoms with Gasteiger partial charge in [-0.3, -0.25) is 14.7 Å². The summed E-state index contributed by atoms with van der Waals surface area (Å²) >= 11 is 0. The summed E-state index contributed by atoms with van der Waals surface area (Å²) in [6, 6.07) is 7.97. The number of carbonyl (C=O) groups is 1. The lowest BCUT2D eigenvalue weighted by Crippen LogP contribution is -2.50. The van der Waals surface area contributed by atoms with Crippen molar-refractivity contribution in [3.63, 3.8) is 0 Å². The highest BCUT2D eigenvalue weighted by atomic mass is 16.5. The van der Waals surface area contributed by atoms with Gasteiger partial charge in [-0.05, 0) is 42.7 Å². The lowest BCUT2D eigenvalue weighted by Gasteiger charge is -2.39. The predicted molar refractivity (Wildman–Crippen MR) is 91.9 cm³/mol. The standard InChI is InChI=1S/C19H23N3O3/c23-19(17-2-1-10-24-17)21-12-15-3-4-16-18(15)25-11-9-22(16)13-14-5-7-20-8-6-14/h1-2,5-8,10,15-16,18H,3-4,9,11-13H2,(H,21,23)/t15-,16+,18+/m0/s1. The average molecular weight is 341 g/mol. The highest BCUT2D eigenvalue weighted by molar-refractivity contribution is 5.91. The summed E-state index contributed by atoms with van der Waals surface area (Å²) in [4.78, 5) is 18.7. The normalized spacial score (nSPS) is 26.3. The van der Waals surface area contributed by atoms with E-state index in [0.717, 1.165) is 32.5 Å². The number of nitrogens with one attached hydrogen (secondary N) is 1. The van der Waals surface area contributed by atoms with Crippen LogP contribution in [0.2, 0.25) is 0 Å². The number of furan rings is 1. The van der Waals surface area contributed by atoms with Crippen molar-refractivity contribution < 1.29 is 13.9 Å². The minimum absolute atomic E-state index is 0.155. The average Bonchev–Trinajstić information content (AvgIpc) is 3.31. The number of ether oxygens (including phenoxy) is 1. The summed E-state index contributed by atoms with van der Waals surface area (Å²) in [5, 5.41) is 2.99. The number of morpholine rings is 1. The number of hydrogen-bond acceptors (Lipinski definition) is 5. The van der Waals surface area contributed by atoms with E-state index in [4.69, 9.17) is 9.15 Å². The molecular formula is C19H23N3O3. The van der Waals surface area contributed by atoms with Crippen LogP contribution in [-0.4, -0.2) is 47.6 Å². The molecule has 6 nitrogen and oxygen atoms in total. The van der Waals surface area contributed by atoms with Crippen molar-refractivity contribution in [2.45, 2.75) is 31.5 Å². The van der Waals surface area contributed by atoms with E-state index < -0.39 is 0 Å². The van der Waals surface area contributed by atoms with Crippen LogP contribution in [0.4, 0.5) is 0 Å². The molecule has 0 radical (unpaired) electrons. The third-order valence-electron chi connectivity index (χ3n) is 5.24. The summed E-state index contributed by atoms with van der Waals surface area (Å²) in [5.41, 5.74) is 1.28. The zero-order chi connectivity index (χ0) is 17.1. The SMILES string of the molecule is O=C(NC[C@@H]1CC[C@@H]2[C@@H]1OCCN2Cc1ccncc1)c1ccco1. The van der Waals surface area contributed by atoms with Crippen molar-refractivity contribution in [1.29, 1.82) is 0 Å². The largest absolute Gasteiger partial charge is 0.459 e. The predicted octanol–water partition coefficient (Wildman–Crippen LogP) is 2.08. The first-order valence-corrected chi connectivity index (χ1v) is 8.87. The van der Waals surface area contributed by atoms with Crippen LogP contribution < -0.4 is 5.32 Å². The third-order valence-corrected chi connectivity index (χ3v) is 5.24. The molecule has 2 aliphatic rings. The van der Waals surface area contributed by atoms with Crippen molar-refractivity contribution in [2.75, 3.05) is 19.7 Å². The van der Waals surface area contributed by atoms with Crippen LogP contribution in [0.3, 0.4) is 0 Å². The number of aromatic nitrogens is 1. The Morgan fingerprint density at radius 1 is 1.28 bits per heavy atom. The van der Waals surface area contributed by atoms with Gasteiger partial charge in [-0.25, -0.2) is 0 Å². The Kier molecular flexibility index (Phi) is 4.81. The van der Waals surface area contributed by atoms with Crippen LogP contribution in [0.1, 0.15) is 29.0 Å². The van der Waals surface area contributed by atoms with E-state index in [0.29, 0.717) is 24.3 Å². The minimum atomic E-state index is -0.155. The van der Waals surface area contributed by atoms with E-state index in [9.17, 15) is 4.79 Å². The Labute approximate surface area is 147 Å². The van der Waals surface area contributed by atoms with Gasteiger partial charge in [0.15, 0.2) is 5.76 Å². The molecule has 25 heavy (non-hydrogen) atoms. The lowest BCUT2D eigenvalue weighted by molar-refractivity contribution is -0.0757. The monoisotopic (exact) mass is 341 g/mol. The Morgan fingerprint density at radius 3 is 2.96 bits per heavy atom. The molecule has 1 aliphatic carbocycles. The second-order valence-electron chi connectivity index (χ2n) is 6.75. The molecule has 1 saturated carbocycles. The number of nitrogens with zero attached hydrogens (tertiary/aromatic N) is 2. The number of carbonyl (C=O) groups excluding carboxylic acids is 1. The topological polar surface area (TPSA) is 67.6 Å². The van der Waals surface area contributed by atoms with E-state index in [1.165, 1.54) is 11.8 Å². The lowest BCUT2D eigenvalue weighted by atomic mass is 10.0. The van der Waals surface area contributed by atoms with E-state index >= 15 is 0 Å². The number of pyridine rings is 1. The van der Waals surface area contributed by atoms with Gasteiger partial charge in [-0.15, -0.1) is 0 Å². The van der Waals surface area contributed by atoms with Crippen LogP contribution in [0, 0.1) is 5.92 Å². The number of amides is 1. The highest BCUT2D eigenvalue weighted by Gasteiger charge is 2.42. The van der Waals surface area contributed by atoms with Crippen LogP contribution in [0.5, 0.6) is 0 Å². The molecule has 1 amide bonds. The van der Waals surface area contributed by atoms with Gasteiger partial charge in [-0.2, -0.15) is 0 Å². The maximum absolute atomic E-state index is 12.1. The van der Waals surface area contributed by atoms with Crippen LogP contribution in [0.15, 0.2) is 47.3 Å². The molecule has 1 aliphatic heterocycles. The van der Waals surface area contributed by atoms with Crippen molar-refractivity contribution in [2.24, 2.45) is 5.92 Å².